The summed E-state index contributed by atoms with van der Waals surface area (Å²) in [7, 11) is 0. The number of hydrogen-bond donors (Lipinski definition) is 0. The minimum Gasteiger partial charge on any atom is -0.494 e. The van der Waals surface area contributed by atoms with Gasteiger partial charge in [-0.25, -0.2) is 0 Å². The van der Waals surface area contributed by atoms with Crippen LogP contribution in [0.15, 0.2) is 73.8 Å². The molecule has 40 heavy (non-hydrogen) atoms. The van der Waals surface area contributed by atoms with Gasteiger partial charge in [-0.1, -0.05) is 76.4 Å². The molecule has 4 heteroatoms. The van der Waals surface area contributed by atoms with Crippen LogP contribution in [0.25, 0.3) is 0 Å². The van der Waals surface area contributed by atoms with Gasteiger partial charge in [0.15, 0.2) is 0 Å². The van der Waals surface area contributed by atoms with Crippen LogP contribution in [0.4, 0.5) is 0 Å². The minimum atomic E-state index is -0.516. The molecule has 2 aromatic rings. The Hall–Kier alpha value is -3.14. The van der Waals surface area contributed by atoms with E-state index < -0.39 is 11.6 Å². The molecule has 0 fully saturated rings. The topological polar surface area (TPSA) is 52.6 Å². The summed E-state index contributed by atoms with van der Waals surface area (Å²) >= 11 is 0. The van der Waals surface area contributed by atoms with Crippen molar-refractivity contribution in [3.8, 4) is 11.5 Å². The smallest absolute Gasteiger partial charge is 0.233 e. The number of carbonyl (C=O) groups excluding carboxylic acids is 2. The number of ether oxygens (including phenoxy) is 2. The van der Waals surface area contributed by atoms with E-state index in [1.54, 1.807) is 48.5 Å². The largest absolute Gasteiger partial charge is 0.494 e. The zero-order valence-electron chi connectivity index (χ0n) is 24.5. The predicted molar refractivity (Wildman–Crippen MR) is 167 cm³/mol. The summed E-state index contributed by atoms with van der Waals surface area (Å²) in [5.74, 6) is 0.410. The molecule has 0 aliphatic rings. The van der Waals surface area contributed by atoms with E-state index in [0.29, 0.717) is 24.3 Å². The Morgan fingerprint density at radius 1 is 0.475 bits per heavy atom. The van der Waals surface area contributed by atoms with Crippen molar-refractivity contribution < 1.29 is 19.1 Å². The Bertz CT molecular complexity index is 893. The van der Waals surface area contributed by atoms with Crippen LogP contribution in [0.1, 0.15) is 123 Å². The molecule has 2 rings (SSSR count). The standard InChI is InChI=1S/C36H50O4/c1-3-5-7-9-11-13-15-17-19-29-39-33-25-21-31(22-26-33)35(37)36(38)32-23-27-34(28-24-32)40-30-20-18-16-14-12-10-8-6-4-2/h3-4,21-28H,1-2,5-20,29-30H2. The number of hydrogen-bond acceptors (Lipinski definition) is 4. The molecular weight excluding hydrogens is 496 g/mol. The number of unbranched alkanes of at least 4 members (excludes halogenated alkanes) is 14. The highest BCUT2D eigenvalue weighted by atomic mass is 16.5. The fourth-order valence-electron chi connectivity index (χ4n) is 4.60. The van der Waals surface area contributed by atoms with E-state index in [1.165, 1.54) is 64.2 Å². The van der Waals surface area contributed by atoms with Crippen molar-refractivity contribution in [2.24, 2.45) is 0 Å². The molecule has 0 aromatic heterocycles. The van der Waals surface area contributed by atoms with Gasteiger partial charge in [0.2, 0.25) is 11.6 Å². The molecule has 0 saturated heterocycles. The van der Waals surface area contributed by atoms with E-state index in [0.717, 1.165) is 50.0 Å². The first-order valence-electron chi connectivity index (χ1n) is 15.4. The highest BCUT2D eigenvalue weighted by Gasteiger charge is 2.18. The highest BCUT2D eigenvalue weighted by Crippen LogP contribution is 2.18. The lowest BCUT2D eigenvalue weighted by Gasteiger charge is -2.08. The molecule has 0 saturated carbocycles. The number of benzene rings is 2. The molecule has 0 atom stereocenters. The molecule has 4 nitrogen and oxygen atoms in total. The molecule has 0 unspecified atom stereocenters. The monoisotopic (exact) mass is 546 g/mol. The summed E-state index contributed by atoms with van der Waals surface area (Å²) in [5, 5.41) is 0. The Balaban J connectivity index is 1.61. The summed E-state index contributed by atoms with van der Waals surface area (Å²) in [5.41, 5.74) is 0.740. The van der Waals surface area contributed by atoms with Crippen molar-refractivity contribution in [1.82, 2.24) is 0 Å². The van der Waals surface area contributed by atoms with Gasteiger partial charge in [0.05, 0.1) is 13.2 Å². The summed E-state index contributed by atoms with van der Waals surface area (Å²) < 4.78 is 11.6. The van der Waals surface area contributed by atoms with E-state index in [1.807, 2.05) is 12.2 Å². The number of allylic oxidation sites excluding steroid dienone is 2. The Labute approximate surface area is 242 Å². The second-order valence-corrected chi connectivity index (χ2v) is 10.5. The van der Waals surface area contributed by atoms with Crippen molar-refractivity contribution in [3.05, 3.63) is 85.0 Å². The molecule has 0 amide bonds. The van der Waals surface area contributed by atoms with Gasteiger partial charge in [-0.2, -0.15) is 0 Å². The SMILES string of the molecule is C=CCCCCCCCCCOc1ccc(C(=O)C(=O)c2ccc(OCCCCCCCCCC=C)cc2)cc1. The van der Waals surface area contributed by atoms with Gasteiger partial charge in [-0.3, -0.25) is 9.59 Å². The molecular formula is C36H50O4. The van der Waals surface area contributed by atoms with Gasteiger partial charge in [0, 0.05) is 11.1 Å². The van der Waals surface area contributed by atoms with Gasteiger partial charge in [0.25, 0.3) is 0 Å². The molecule has 218 valence electrons. The molecule has 0 heterocycles. The average Bonchev–Trinajstić information content (AvgIpc) is 2.99. The van der Waals surface area contributed by atoms with Crippen molar-refractivity contribution in [1.29, 1.82) is 0 Å². The van der Waals surface area contributed by atoms with Crippen molar-refractivity contribution in [2.45, 2.75) is 103 Å². The van der Waals surface area contributed by atoms with Gasteiger partial charge in [-0.05, 0) is 87.1 Å². The van der Waals surface area contributed by atoms with Crippen LogP contribution in [0.2, 0.25) is 0 Å². The van der Waals surface area contributed by atoms with Gasteiger partial charge in [-0.15, -0.1) is 13.2 Å². The second kappa shape index (κ2) is 21.7. The van der Waals surface area contributed by atoms with Crippen molar-refractivity contribution in [3.63, 3.8) is 0 Å². The maximum Gasteiger partial charge on any atom is 0.233 e. The normalized spacial score (nSPS) is 10.7. The van der Waals surface area contributed by atoms with Crippen LogP contribution in [0.5, 0.6) is 11.5 Å². The lowest BCUT2D eigenvalue weighted by Crippen LogP contribution is -2.14. The first-order chi connectivity index (χ1) is 19.7. The van der Waals surface area contributed by atoms with E-state index in [4.69, 9.17) is 9.47 Å². The average molecular weight is 547 g/mol. The number of Topliss-reactive ketones (excluding diaryl/α,β-unsaturated/α-hetero) is 2. The van der Waals surface area contributed by atoms with Crippen LogP contribution in [0.3, 0.4) is 0 Å². The maximum atomic E-state index is 12.7. The van der Waals surface area contributed by atoms with Crippen LogP contribution in [-0.4, -0.2) is 24.8 Å². The minimum absolute atomic E-state index is 0.370. The van der Waals surface area contributed by atoms with E-state index in [9.17, 15) is 9.59 Å². The van der Waals surface area contributed by atoms with Crippen LogP contribution in [-0.2, 0) is 0 Å². The Morgan fingerprint density at radius 2 is 0.775 bits per heavy atom. The fourth-order valence-corrected chi connectivity index (χ4v) is 4.60. The van der Waals surface area contributed by atoms with Crippen LogP contribution < -0.4 is 9.47 Å². The lowest BCUT2D eigenvalue weighted by molar-refractivity contribution is 0.0817. The molecule has 0 bridgehead atoms. The zero-order valence-corrected chi connectivity index (χ0v) is 24.5. The highest BCUT2D eigenvalue weighted by molar-refractivity contribution is 6.49. The summed E-state index contributed by atoms with van der Waals surface area (Å²) in [6.07, 6.45) is 23.2. The number of ketones is 2. The van der Waals surface area contributed by atoms with E-state index in [2.05, 4.69) is 13.2 Å². The lowest BCUT2D eigenvalue weighted by atomic mass is 10.0. The molecule has 0 aliphatic carbocycles. The third kappa shape index (κ3) is 14.3. The summed E-state index contributed by atoms with van der Waals surface area (Å²) in [4.78, 5) is 25.5. The molecule has 2 aromatic carbocycles. The van der Waals surface area contributed by atoms with Gasteiger partial charge < -0.3 is 9.47 Å². The molecule has 0 spiro atoms. The summed E-state index contributed by atoms with van der Waals surface area (Å²) in [6, 6.07) is 13.7. The predicted octanol–water partition coefficient (Wildman–Crippen LogP) is 10.1. The van der Waals surface area contributed by atoms with Gasteiger partial charge in [0.1, 0.15) is 11.5 Å². The van der Waals surface area contributed by atoms with Crippen molar-refractivity contribution >= 4 is 11.6 Å². The molecule has 0 N–H and O–H groups in total. The second-order valence-electron chi connectivity index (χ2n) is 10.5. The Morgan fingerprint density at radius 3 is 1.10 bits per heavy atom. The number of carbonyl (C=O) groups is 2. The van der Waals surface area contributed by atoms with E-state index >= 15 is 0 Å². The maximum absolute atomic E-state index is 12.7. The van der Waals surface area contributed by atoms with Gasteiger partial charge >= 0.3 is 0 Å². The molecule has 0 radical (unpaired) electrons. The third-order valence-corrected chi connectivity index (χ3v) is 7.08. The quantitative estimate of drug-likeness (QED) is 0.0538. The summed E-state index contributed by atoms with van der Waals surface area (Å²) in [6.45, 7) is 8.84. The molecule has 0 aliphatic heterocycles. The van der Waals surface area contributed by atoms with E-state index in [-0.39, 0.29) is 0 Å². The first-order valence-corrected chi connectivity index (χ1v) is 15.4. The number of rotatable bonds is 25. The van der Waals surface area contributed by atoms with Crippen molar-refractivity contribution in [2.75, 3.05) is 13.2 Å². The Kier molecular flexibility index (Phi) is 17.9. The third-order valence-electron chi connectivity index (χ3n) is 7.08. The zero-order chi connectivity index (χ0) is 28.7. The first kappa shape index (κ1) is 33.1. The van der Waals surface area contributed by atoms with Crippen LogP contribution >= 0.6 is 0 Å². The van der Waals surface area contributed by atoms with Crippen LogP contribution in [0, 0.1) is 0 Å². The fraction of sp³-hybridized carbons (Fsp3) is 0.500.